The van der Waals surface area contributed by atoms with Crippen LogP contribution in [-0.2, 0) is 6.18 Å². The Labute approximate surface area is 99.9 Å². The number of allylic oxidation sites excluding steroid dienone is 1. The lowest BCUT2D eigenvalue weighted by Gasteiger charge is -2.10. The Morgan fingerprint density at radius 1 is 1.44 bits per heavy atom. The van der Waals surface area contributed by atoms with Crippen molar-refractivity contribution in [2.24, 2.45) is 0 Å². The van der Waals surface area contributed by atoms with E-state index in [2.05, 4.69) is 0 Å². The molecule has 98 valence electrons. The summed E-state index contributed by atoms with van der Waals surface area (Å²) in [6.07, 6.45) is -3.98. The van der Waals surface area contributed by atoms with Crippen molar-refractivity contribution in [1.29, 1.82) is 0 Å². The molecule has 3 nitrogen and oxygen atoms in total. The van der Waals surface area contributed by atoms with Crippen LogP contribution in [0, 0.1) is 15.9 Å². The molecular weight excluding hydrogens is 254 g/mol. The quantitative estimate of drug-likeness (QED) is 0.472. The number of nitrogens with zero attached hydrogens (tertiary/aromatic N) is 1. The smallest absolute Gasteiger partial charge is 0.259 e. The predicted octanol–water partition coefficient (Wildman–Crippen LogP) is 3.87. The molecule has 0 fully saturated rings. The van der Waals surface area contributed by atoms with E-state index in [9.17, 15) is 27.7 Å². The Kier molecular flexibility index (Phi) is 4.05. The van der Waals surface area contributed by atoms with Crippen LogP contribution in [0.1, 0.15) is 24.5 Å². The van der Waals surface area contributed by atoms with E-state index < -0.39 is 28.0 Å². The summed E-state index contributed by atoms with van der Waals surface area (Å²) in [4.78, 5) is 9.78. The van der Waals surface area contributed by atoms with Crippen molar-refractivity contribution >= 4 is 6.08 Å². The summed E-state index contributed by atoms with van der Waals surface area (Å²) >= 11 is 0. The lowest BCUT2D eigenvalue weighted by molar-refractivity contribution is -0.425. The molecule has 18 heavy (non-hydrogen) atoms. The molecule has 0 aromatic heterocycles. The highest BCUT2D eigenvalue weighted by atomic mass is 19.4. The maximum atomic E-state index is 12.8. The number of nitro groups is 1. The molecule has 0 bridgehead atoms. The summed E-state index contributed by atoms with van der Waals surface area (Å²) < 4.78 is 50.7. The van der Waals surface area contributed by atoms with Crippen LogP contribution in [0.25, 0.3) is 6.08 Å². The van der Waals surface area contributed by atoms with Gasteiger partial charge in [0, 0.05) is 12.5 Å². The van der Waals surface area contributed by atoms with E-state index in [0.717, 1.165) is 18.2 Å². The summed E-state index contributed by atoms with van der Waals surface area (Å²) in [6.45, 7) is 1.45. The largest absolute Gasteiger partial charge is 0.417 e. The van der Waals surface area contributed by atoms with E-state index in [1.165, 1.54) is 6.92 Å². The first-order valence-electron chi connectivity index (χ1n) is 4.97. The zero-order chi connectivity index (χ0) is 13.9. The molecule has 0 saturated carbocycles. The fourth-order valence-electron chi connectivity index (χ4n) is 1.36. The first-order valence-corrected chi connectivity index (χ1v) is 4.97. The van der Waals surface area contributed by atoms with Gasteiger partial charge in [-0.1, -0.05) is 13.0 Å². The molecule has 0 radical (unpaired) electrons. The van der Waals surface area contributed by atoms with Crippen molar-refractivity contribution in [3.63, 3.8) is 0 Å². The molecule has 0 spiro atoms. The molecule has 0 heterocycles. The van der Waals surface area contributed by atoms with Gasteiger partial charge in [0.2, 0.25) is 5.70 Å². The Morgan fingerprint density at radius 2 is 2.06 bits per heavy atom. The Balaban J connectivity index is 3.37. The third-order valence-corrected chi connectivity index (χ3v) is 2.24. The highest BCUT2D eigenvalue weighted by molar-refractivity contribution is 5.56. The van der Waals surface area contributed by atoms with Crippen LogP contribution in [0.2, 0.25) is 0 Å². The lowest BCUT2D eigenvalue weighted by Crippen LogP contribution is -2.08. The zero-order valence-electron chi connectivity index (χ0n) is 9.29. The maximum absolute atomic E-state index is 12.8. The Morgan fingerprint density at radius 3 is 2.50 bits per heavy atom. The van der Waals surface area contributed by atoms with Crippen LogP contribution in [0.3, 0.4) is 0 Å². The molecule has 0 amide bonds. The monoisotopic (exact) mass is 263 g/mol. The minimum atomic E-state index is -4.76. The van der Waals surface area contributed by atoms with E-state index in [-0.39, 0.29) is 12.1 Å². The molecule has 0 aliphatic rings. The van der Waals surface area contributed by atoms with Crippen molar-refractivity contribution in [3.8, 4) is 0 Å². The number of hydrogen-bond acceptors (Lipinski definition) is 2. The van der Waals surface area contributed by atoms with Crippen LogP contribution >= 0.6 is 0 Å². The second-order valence-corrected chi connectivity index (χ2v) is 3.48. The fourth-order valence-corrected chi connectivity index (χ4v) is 1.36. The van der Waals surface area contributed by atoms with Gasteiger partial charge in [-0.25, -0.2) is 4.39 Å². The van der Waals surface area contributed by atoms with Gasteiger partial charge in [-0.05, 0) is 17.7 Å². The highest BCUT2D eigenvalue weighted by Gasteiger charge is 2.33. The molecular formula is C11H9F4NO2. The van der Waals surface area contributed by atoms with E-state index in [4.69, 9.17) is 0 Å². The molecule has 0 aliphatic carbocycles. The SMILES string of the molecule is CC/C(=C/c1ccc(F)cc1C(F)(F)F)[N+](=O)[O-]. The van der Waals surface area contributed by atoms with Gasteiger partial charge >= 0.3 is 6.18 Å². The third-order valence-electron chi connectivity index (χ3n) is 2.24. The van der Waals surface area contributed by atoms with Crippen LogP contribution in [0.5, 0.6) is 0 Å². The van der Waals surface area contributed by atoms with E-state index >= 15 is 0 Å². The van der Waals surface area contributed by atoms with Crippen LogP contribution in [0.4, 0.5) is 17.6 Å². The van der Waals surface area contributed by atoms with Crippen molar-refractivity contribution < 1.29 is 22.5 Å². The zero-order valence-corrected chi connectivity index (χ0v) is 9.29. The van der Waals surface area contributed by atoms with Gasteiger partial charge in [-0.15, -0.1) is 0 Å². The van der Waals surface area contributed by atoms with Gasteiger partial charge in [-0.3, -0.25) is 10.1 Å². The molecule has 0 atom stereocenters. The van der Waals surface area contributed by atoms with Crippen LogP contribution in [-0.4, -0.2) is 4.92 Å². The molecule has 1 rings (SSSR count). The topological polar surface area (TPSA) is 43.1 Å². The first-order chi connectivity index (χ1) is 8.25. The van der Waals surface area contributed by atoms with Crippen molar-refractivity contribution in [2.45, 2.75) is 19.5 Å². The molecule has 0 aliphatic heterocycles. The Hall–Kier alpha value is -1.92. The van der Waals surface area contributed by atoms with Gasteiger partial charge in [0.25, 0.3) is 0 Å². The first kappa shape index (κ1) is 14.1. The number of rotatable bonds is 3. The third kappa shape index (κ3) is 3.28. The Bertz CT molecular complexity index is 494. The van der Waals surface area contributed by atoms with Crippen molar-refractivity contribution in [1.82, 2.24) is 0 Å². The average Bonchev–Trinajstić information content (AvgIpc) is 2.25. The minimum absolute atomic E-state index is 0.0261. The van der Waals surface area contributed by atoms with Crippen molar-refractivity contribution in [2.75, 3.05) is 0 Å². The number of benzene rings is 1. The molecule has 0 N–H and O–H groups in total. The highest BCUT2D eigenvalue weighted by Crippen LogP contribution is 2.33. The molecule has 7 heteroatoms. The normalized spacial score (nSPS) is 12.6. The summed E-state index contributed by atoms with van der Waals surface area (Å²) in [7, 11) is 0. The van der Waals surface area contributed by atoms with Crippen molar-refractivity contribution in [3.05, 3.63) is 51.0 Å². The second-order valence-electron chi connectivity index (χ2n) is 3.48. The van der Waals surface area contributed by atoms with Crippen LogP contribution < -0.4 is 0 Å². The molecule has 0 unspecified atom stereocenters. The predicted molar refractivity (Wildman–Crippen MR) is 56.7 cm³/mol. The maximum Gasteiger partial charge on any atom is 0.417 e. The standard InChI is InChI=1S/C11H9F4NO2/c1-2-9(16(17)18)5-7-3-4-8(12)6-10(7)11(13,14)15/h3-6H,2H2,1H3/b9-5-. The summed E-state index contributed by atoms with van der Waals surface area (Å²) in [5.74, 6) is -1.04. The summed E-state index contributed by atoms with van der Waals surface area (Å²) in [5, 5.41) is 10.5. The average molecular weight is 263 g/mol. The summed E-state index contributed by atoms with van der Waals surface area (Å²) in [5.41, 5.74) is -2.01. The second kappa shape index (κ2) is 5.16. The van der Waals surface area contributed by atoms with Gasteiger partial charge in [0.15, 0.2) is 0 Å². The molecule has 0 saturated heterocycles. The number of halogens is 4. The van der Waals surface area contributed by atoms with Crippen LogP contribution in [0.15, 0.2) is 23.9 Å². The van der Waals surface area contributed by atoms with Gasteiger partial charge in [0.1, 0.15) is 5.82 Å². The van der Waals surface area contributed by atoms with Gasteiger partial charge in [-0.2, -0.15) is 13.2 Å². The van der Waals surface area contributed by atoms with E-state index in [0.29, 0.717) is 6.07 Å². The lowest BCUT2D eigenvalue weighted by atomic mass is 10.1. The number of alkyl halides is 3. The molecule has 1 aromatic carbocycles. The number of hydrogen-bond donors (Lipinski definition) is 0. The van der Waals surface area contributed by atoms with E-state index in [1.807, 2.05) is 0 Å². The summed E-state index contributed by atoms with van der Waals surface area (Å²) in [6, 6.07) is 2.02. The minimum Gasteiger partial charge on any atom is -0.259 e. The molecule has 1 aromatic rings. The van der Waals surface area contributed by atoms with Gasteiger partial charge < -0.3 is 0 Å². The van der Waals surface area contributed by atoms with Gasteiger partial charge in [0.05, 0.1) is 10.5 Å². The fraction of sp³-hybridized carbons (Fsp3) is 0.273. The van der Waals surface area contributed by atoms with E-state index in [1.54, 1.807) is 0 Å².